The number of hydrogen-bond donors (Lipinski definition) is 1. The maximum atomic E-state index is 5.70. The third-order valence-electron chi connectivity index (χ3n) is 4.91. The van der Waals surface area contributed by atoms with Gasteiger partial charge in [-0.05, 0) is 53.7 Å². The van der Waals surface area contributed by atoms with E-state index in [0.29, 0.717) is 0 Å². The molecule has 1 fully saturated rings. The molecule has 1 aliphatic rings. The molecule has 2 atom stereocenters. The van der Waals surface area contributed by atoms with Crippen LogP contribution >= 0.6 is 12.2 Å². The lowest BCUT2D eigenvalue weighted by Crippen LogP contribution is -2.29. The van der Waals surface area contributed by atoms with Crippen molar-refractivity contribution in [1.29, 1.82) is 0 Å². The minimum atomic E-state index is 0.0133. The number of aryl methyl sites for hydroxylation is 1. The van der Waals surface area contributed by atoms with Gasteiger partial charge in [-0.3, -0.25) is 4.98 Å². The quantitative estimate of drug-likeness (QED) is 0.687. The second kappa shape index (κ2) is 7.40. The number of benzene rings is 1. The molecule has 0 spiro atoms. The zero-order valence-electron chi connectivity index (χ0n) is 15.4. The van der Waals surface area contributed by atoms with Crippen molar-refractivity contribution in [2.75, 3.05) is 7.11 Å². The van der Waals surface area contributed by atoms with Gasteiger partial charge in [0.15, 0.2) is 5.11 Å². The van der Waals surface area contributed by atoms with Gasteiger partial charge in [0.05, 0.1) is 24.9 Å². The van der Waals surface area contributed by atoms with Crippen LogP contribution in [-0.2, 0) is 13.6 Å². The Balaban J connectivity index is 1.68. The van der Waals surface area contributed by atoms with Gasteiger partial charge in [-0.15, -0.1) is 0 Å². The normalized spacial score (nSPS) is 19.2. The van der Waals surface area contributed by atoms with Crippen LogP contribution in [0.4, 0.5) is 0 Å². The summed E-state index contributed by atoms with van der Waals surface area (Å²) in [5, 5.41) is 4.23. The SMILES string of the molecule is COc1ccc(CN2C(=S)N[C@H](c3ccccn3)[C@@H]2c2ccn(C)c2)cc1. The fourth-order valence-electron chi connectivity index (χ4n) is 3.57. The van der Waals surface area contributed by atoms with Gasteiger partial charge in [-0.25, -0.2) is 0 Å². The molecule has 27 heavy (non-hydrogen) atoms. The van der Waals surface area contributed by atoms with E-state index in [0.717, 1.165) is 23.1 Å². The van der Waals surface area contributed by atoms with E-state index in [1.54, 1.807) is 7.11 Å². The number of hydrogen-bond acceptors (Lipinski definition) is 3. The molecule has 0 aliphatic carbocycles. The Morgan fingerprint density at radius 2 is 1.96 bits per heavy atom. The summed E-state index contributed by atoms with van der Waals surface area (Å²) in [5.74, 6) is 0.854. The van der Waals surface area contributed by atoms with Gasteiger partial charge >= 0.3 is 0 Å². The van der Waals surface area contributed by atoms with Crippen molar-refractivity contribution in [1.82, 2.24) is 19.8 Å². The van der Waals surface area contributed by atoms with Gasteiger partial charge in [0.25, 0.3) is 0 Å². The molecule has 0 amide bonds. The number of nitrogens with zero attached hydrogens (tertiary/aromatic N) is 3. The predicted octanol–water partition coefficient (Wildman–Crippen LogP) is 3.60. The molecule has 3 heterocycles. The van der Waals surface area contributed by atoms with Gasteiger partial charge in [-0.2, -0.15) is 0 Å². The second-order valence-electron chi connectivity index (χ2n) is 6.71. The largest absolute Gasteiger partial charge is 0.497 e. The summed E-state index contributed by atoms with van der Waals surface area (Å²) in [6.45, 7) is 0.721. The monoisotopic (exact) mass is 378 g/mol. The number of ether oxygens (including phenoxy) is 1. The van der Waals surface area contributed by atoms with Gasteiger partial charge in [-0.1, -0.05) is 18.2 Å². The topological polar surface area (TPSA) is 42.3 Å². The highest BCUT2D eigenvalue weighted by atomic mass is 32.1. The average Bonchev–Trinajstić information content (AvgIpc) is 3.26. The molecule has 0 saturated carbocycles. The van der Waals surface area contributed by atoms with Crippen molar-refractivity contribution in [2.24, 2.45) is 7.05 Å². The standard InChI is InChI=1S/C21H22N4OS/c1-24-12-10-16(14-24)20-19(18-5-3-4-11-22-18)23-21(27)25(20)13-15-6-8-17(26-2)9-7-15/h3-12,14,19-20H,13H2,1-2H3,(H,23,27)/t19-,20+/m1/s1. The Labute approximate surface area is 164 Å². The van der Waals surface area contributed by atoms with Gasteiger partial charge in [0.1, 0.15) is 5.75 Å². The van der Waals surface area contributed by atoms with Crippen LogP contribution in [-0.4, -0.2) is 26.7 Å². The summed E-state index contributed by atoms with van der Waals surface area (Å²) in [4.78, 5) is 6.81. The first kappa shape index (κ1) is 17.5. The summed E-state index contributed by atoms with van der Waals surface area (Å²) in [5.41, 5.74) is 3.39. The van der Waals surface area contributed by atoms with E-state index in [1.807, 2.05) is 43.6 Å². The molecule has 0 radical (unpaired) electrons. The van der Waals surface area contributed by atoms with Crippen LogP contribution in [0.2, 0.25) is 0 Å². The zero-order valence-corrected chi connectivity index (χ0v) is 16.2. The Hall–Kier alpha value is -2.86. The lowest BCUT2D eigenvalue weighted by molar-refractivity contribution is 0.311. The van der Waals surface area contributed by atoms with Crippen molar-refractivity contribution in [3.8, 4) is 5.75 Å². The molecule has 1 saturated heterocycles. The number of thiocarbonyl (C=S) groups is 1. The lowest BCUT2D eigenvalue weighted by Gasteiger charge is -2.27. The minimum absolute atomic E-state index is 0.0133. The number of aromatic nitrogens is 2. The third kappa shape index (κ3) is 3.53. The molecule has 5 nitrogen and oxygen atoms in total. The number of pyridine rings is 1. The Kier molecular flexibility index (Phi) is 4.81. The molecule has 1 aliphatic heterocycles. The van der Waals surface area contributed by atoms with Crippen LogP contribution in [0.25, 0.3) is 0 Å². The molecule has 138 valence electrons. The maximum absolute atomic E-state index is 5.70. The Morgan fingerprint density at radius 3 is 2.59 bits per heavy atom. The first-order chi connectivity index (χ1) is 13.2. The first-order valence-corrected chi connectivity index (χ1v) is 9.29. The highest BCUT2D eigenvalue weighted by Crippen LogP contribution is 2.39. The number of rotatable bonds is 5. The van der Waals surface area contributed by atoms with Crippen molar-refractivity contribution < 1.29 is 4.74 Å². The summed E-state index contributed by atoms with van der Waals surface area (Å²) in [6.07, 6.45) is 6.04. The van der Waals surface area contributed by atoms with Gasteiger partial charge < -0.3 is 19.5 Å². The van der Waals surface area contributed by atoms with Crippen LogP contribution in [0.15, 0.2) is 67.1 Å². The Morgan fingerprint density at radius 1 is 1.15 bits per heavy atom. The summed E-state index contributed by atoms with van der Waals surface area (Å²) in [6, 6.07) is 16.4. The van der Waals surface area contributed by atoms with Gasteiger partial charge in [0.2, 0.25) is 0 Å². The molecule has 0 bridgehead atoms. The second-order valence-corrected chi connectivity index (χ2v) is 7.10. The molecule has 2 aromatic heterocycles. The van der Waals surface area contributed by atoms with E-state index in [1.165, 1.54) is 11.1 Å². The summed E-state index contributed by atoms with van der Waals surface area (Å²) in [7, 11) is 3.71. The molecule has 3 aromatic rings. The smallest absolute Gasteiger partial charge is 0.170 e. The van der Waals surface area contributed by atoms with Crippen LogP contribution in [0.5, 0.6) is 5.75 Å². The summed E-state index contributed by atoms with van der Waals surface area (Å²) >= 11 is 5.70. The fourth-order valence-corrected chi connectivity index (χ4v) is 3.87. The van der Waals surface area contributed by atoms with Gasteiger partial charge in [0, 0.05) is 32.2 Å². The minimum Gasteiger partial charge on any atom is -0.497 e. The Bertz CT molecular complexity index is 923. The lowest BCUT2D eigenvalue weighted by atomic mass is 9.98. The maximum Gasteiger partial charge on any atom is 0.170 e. The highest BCUT2D eigenvalue weighted by molar-refractivity contribution is 7.80. The van der Waals surface area contributed by atoms with Crippen LogP contribution in [0.3, 0.4) is 0 Å². The average molecular weight is 379 g/mol. The molecule has 6 heteroatoms. The van der Waals surface area contributed by atoms with Crippen molar-refractivity contribution in [3.05, 3.63) is 83.9 Å². The van der Waals surface area contributed by atoms with Crippen molar-refractivity contribution >= 4 is 17.3 Å². The first-order valence-electron chi connectivity index (χ1n) is 8.88. The third-order valence-corrected chi connectivity index (χ3v) is 5.26. The molecule has 4 rings (SSSR count). The van der Waals surface area contributed by atoms with E-state index in [9.17, 15) is 0 Å². The predicted molar refractivity (Wildman–Crippen MR) is 109 cm³/mol. The van der Waals surface area contributed by atoms with E-state index in [4.69, 9.17) is 17.0 Å². The van der Waals surface area contributed by atoms with E-state index in [2.05, 4.69) is 50.4 Å². The fraction of sp³-hybridized carbons (Fsp3) is 0.238. The number of methoxy groups -OCH3 is 1. The molecule has 0 unspecified atom stereocenters. The van der Waals surface area contributed by atoms with E-state index in [-0.39, 0.29) is 12.1 Å². The van der Waals surface area contributed by atoms with E-state index >= 15 is 0 Å². The van der Waals surface area contributed by atoms with Crippen molar-refractivity contribution in [3.63, 3.8) is 0 Å². The molecular weight excluding hydrogens is 356 g/mol. The molecule has 1 aromatic carbocycles. The van der Waals surface area contributed by atoms with E-state index < -0.39 is 0 Å². The molecule has 1 N–H and O–H groups in total. The van der Waals surface area contributed by atoms with Crippen molar-refractivity contribution in [2.45, 2.75) is 18.6 Å². The van der Waals surface area contributed by atoms with Crippen LogP contribution < -0.4 is 10.1 Å². The zero-order chi connectivity index (χ0) is 18.8. The molecular formula is C21H22N4OS. The van der Waals surface area contributed by atoms with Crippen LogP contribution in [0.1, 0.15) is 28.9 Å². The summed E-state index contributed by atoms with van der Waals surface area (Å²) < 4.78 is 7.33. The van der Waals surface area contributed by atoms with Crippen LogP contribution in [0, 0.1) is 0 Å². The number of nitrogens with one attached hydrogen (secondary N) is 1. The highest BCUT2D eigenvalue weighted by Gasteiger charge is 2.39.